The molecule has 0 N–H and O–H groups in total. The van der Waals surface area contributed by atoms with Crippen LogP contribution in [0.25, 0.3) is 11.0 Å². The average molecular weight is 325 g/mol. The lowest BCUT2D eigenvalue weighted by Gasteiger charge is -2.08. The number of aromatic nitrogens is 2. The summed E-state index contributed by atoms with van der Waals surface area (Å²) in [7, 11) is 1.46. The zero-order chi connectivity index (χ0) is 15.0. The van der Waals surface area contributed by atoms with Gasteiger partial charge in [-0.3, -0.25) is 0 Å². The first-order valence-corrected chi connectivity index (χ1v) is 7.87. The Balaban J connectivity index is 2.17. The van der Waals surface area contributed by atoms with Crippen molar-refractivity contribution in [2.24, 2.45) is 0 Å². The van der Waals surface area contributed by atoms with Gasteiger partial charge in [-0.05, 0) is 23.9 Å². The summed E-state index contributed by atoms with van der Waals surface area (Å²) in [4.78, 5) is 5.66. The van der Waals surface area contributed by atoms with Crippen LogP contribution in [0.3, 0.4) is 0 Å². The molecular formula is C15H14ClFN2OS. The van der Waals surface area contributed by atoms with Crippen molar-refractivity contribution in [3.63, 3.8) is 0 Å². The molecule has 0 aliphatic carbocycles. The number of rotatable bonds is 4. The van der Waals surface area contributed by atoms with Crippen molar-refractivity contribution < 1.29 is 9.13 Å². The summed E-state index contributed by atoms with van der Waals surface area (Å²) in [6.07, 6.45) is 0. The first-order chi connectivity index (χ1) is 10.1. The number of methoxy groups -OCH3 is 1. The van der Waals surface area contributed by atoms with Gasteiger partial charge in [0, 0.05) is 17.0 Å². The van der Waals surface area contributed by atoms with Crippen LogP contribution in [0.1, 0.15) is 16.3 Å². The van der Waals surface area contributed by atoms with E-state index in [0.717, 1.165) is 11.3 Å². The van der Waals surface area contributed by atoms with Gasteiger partial charge in [0.05, 0.1) is 30.6 Å². The number of hydrogen-bond donors (Lipinski definition) is 0. The zero-order valence-electron chi connectivity index (χ0n) is 11.7. The Kier molecular flexibility index (Phi) is 3.87. The number of ether oxygens (including phenoxy) is 1. The van der Waals surface area contributed by atoms with Crippen LogP contribution in [0.4, 0.5) is 4.39 Å². The molecule has 6 heteroatoms. The summed E-state index contributed by atoms with van der Waals surface area (Å²) >= 11 is 7.68. The third-order valence-corrected chi connectivity index (χ3v) is 4.74. The van der Waals surface area contributed by atoms with Crippen LogP contribution in [-0.4, -0.2) is 16.7 Å². The standard InChI is InChI=1S/C15H14ClFN2OS/c1-9-3-4-21-14(9)8-19-12-6-13(20-2)10(17)5-11(12)18-15(19)7-16/h3-6H,7-8H2,1-2H3. The summed E-state index contributed by atoms with van der Waals surface area (Å²) in [5.41, 5.74) is 2.66. The molecule has 0 atom stereocenters. The van der Waals surface area contributed by atoms with Gasteiger partial charge in [0.1, 0.15) is 5.82 Å². The molecule has 0 spiro atoms. The summed E-state index contributed by atoms with van der Waals surface area (Å²) in [6.45, 7) is 2.75. The van der Waals surface area contributed by atoms with Gasteiger partial charge in [0.15, 0.2) is 11.6 Å². The minimum Gasteiger partial charge on any atom is -0.494 e. The number of hydrogen-bond acceptors (Lipinski definition) is 3. The van der Waals surface area contributed by atoms with Gasteiger partial charge < -0.3 is 9.30 Å². The molecule has 0 fully saturated rings. The molecule has 3 rings (SSSR count). The van der Waals surface area contributed by atoms with Gasteiger partial charge in [-0.25, -0.2) is 9.37 Å². The van der Waals surface area contributed by atoms with E-state index in [1.807, 2.05) is 4.57 Å². The van der Waals surface area contributed by atoms with Crippen LogP contribution in [0.5, 0.6) is 5.75 Å². The molecule has 3 nitrogen and oxygen atoms in total. The predicted octanol–water partition coefficient (Wildman–Crippen LogP) is 4.34. The van der Waals surface area contributed by atoms with Gasteiger partial charge in [-0.1, -0.05) is 0 Å². The van der Waals surface area contributed by atoms with E-state index >= 15 is 0 Å². The molecule has 0 aliphatic rings. The largest absolute Gasteiger partial charge is 0.494 e. The lowest BCUT2D eigenvalue weighted by Crippen LogP contribution is -2.03. The third-order valence-electron chi connectivity index (χ3n) is 3.49. The minimum atomic E-state index is -0.414. The SMILES string of the molecule is COc1cc2c(cc1F)nc(CCl)n2Cc1sccc1C. The summed E-state index contributed by atoms with van der Waals surface area (Å²) < 4.78 is 20.9. The van der Waals surface area contributed by atoms with Crippen molar-refractivity contribution in [2.45, 2.75) is 19.3 Å². The molecule has 0 amide bonds. The maximum absolute atomic E-state index is 13.8. The second-order valence-electron chi connectivity index (χ2n) is 4.75. The van der Waals surface area contributed by atoms with Gasteiger partial charge >= 0.3 is 0 Å². The van der Waals surface area contributed by atoms with Crippen molar-refractivity contribution in [2.75, 3.05) is 7.11 Å². The Hall–Kier alpha value is -1.59. The fourth-order valence-corrected chi connectivity index (χ4v) is 3.42. The summed E-state index contributed by atoms with van der Waals surface area (Å²) in [5.74, 6) is 0.811. The van der Waals surface area contributed by atoms with E-state index in [1.165, 1.54) is 23.6 Å². The van der Waals surface area contributed by atoms with Crippen molar-refractivity contribution in [3.05, 3.63) is 45.7 Å². The van der Waals surface area contributed by atoms with E-state index in [9.17, 15) is 4.39 Å². The Morgan fingerprint density at radius 1 is 1.43 bits per heavy atom. The van der Waals surface area contributed by atoms with Gasteiger partial charge in [0.25, 0.3) is 0 Å². The Bertz CT molecular complexity index is 796. The number of benzene rings is 1. The first-order valence-electron chi connectivity index (χ1n) is 6.45. The smallest absolute Gasteiger partial charge is 0.167 e. The molecule has 21 heavy (non-hydrogen) atoms. The molecule has 1 aromatic carbocycles. The van der Waals surface area contributed by atoms with E-state index in [1.54, 1.807) is 17.4 Å². The van der Waals surface area contributed by atoms with Gasteiger partial charge in [-0.2, -0.15) is 0 Å². The highest BCUT2D eigenvalue weighted by atomic mass is 35.5. The summed E-state index contributed by atoms with van der Waals surface area (Å²) in [5, 5.41) is 2.06. The Labute approximate surface area is 130 Å². The zero-order valence-corrected chi connectivity index (χ0v) is 13.3. The molecule has 0 aliphatic heterocycles. The highest BCUT2D eigenvalue weighted by molar-refractivity contribution is 7.10. The fourth-order valence-electron chi connectivity index (χ4n) is 2.32. The van der Waals surface area contributed by atoms with Crippen LogP contribution in [0.15, 0.2) is 23.6 Å². The number of halogens is 2. The molecule has 110 valence electrons. The molecule has 0 radical (unpaired) electrons. The van der Waals surface area contributed by atoms with Crippen molar-refractivity contribution in [1.29, 1.82) is 0 Å². The topological polar surface area (TPSA) is 27.1 Å². The van der Waals surface area contributed by atoms with Crippen LogP contribution < -0.4 is 4.74 Å². The molecular weight excluding hydrogens is 311 g/mol. The van der Waals surface area contributed by atoms with Crippen molar-refractivity contribution in [3.8, 4) is 5.75 Å². The fraction of sp³-hybridized carbons (Fsp3) is 0.267. The molecule has 2 aromatic heterocycles. The van der Waals surface area contributed by atoms with Crippen molar-refractivity contribution >= 4 is 34.0 Å². The number of thiophene rings is 1. The second kappa shape index (κ2) is 5.66. The van der Waals surface area contributed by atoms with E-state index < -0.39 is 5.82 Å². The number of nitrogens with zero attached hydrogens (tertiary/aromatic N) is 2. The van der Waals surface area contributed by atoms with Crippen LogP contribution >= 0.6 is 22.9 Å². The summed E-state index contributed by atoms with van der Waals surface area (Å²) in [6, 6.07) is 5.15. The highest BCUT2D eigenvalue weighted by Crippen LogP contribution is 2.28. The Morgan fingerprint density at radius 3 is 2.86 bits per heavy atom. The molecule has 2 heterocycles. The quantitative estimate of drug-likeness (QED) is 0.667. The number of alkyl halides is 1. The lowest BCUT2D eigenvalue weighted by atomic mass is 10.2. The normalized spacial score (nSPS) is 11.2. The first kappa shape index (κ1) is 14.4. The monoisotopic (exact) mass is 324 g/mol. The predicted molar refractivity (Wildman–Crippen MR) is 84.0 cm³/mol. The van der Waals surface area contributed by atoms with Crippen LogP contribution in [0, 0.1) is 12.7 Å². The van der Waals surface area contributed by atoms with Gasteiger partial charge in [-0.15, -0.1) is 22.9 Å². The van der Waals surface area contributed by atoms with Gasteiger partial charge in [0.2, 0.25) is 0 Å². The van der Waals surface area contributed by atoms with E-state index in [0.29, 0.717) is 12.1 Å². The third kappa shape index (κ3) is 2.51. The average Bonchev–Trinajstić information content (AvgIpc) is 3.02. The van der Waals surface area contributed by atoms with Crippen LogP contribution in [-0.2, 0) is 12.4 Å². The maximum atomic E-state index is 13.8. The Morgan fingerprint density at radius 2 is 2.24 bits per heavy atom. The van der Waals surface area contributed by atoms with Crippen LogP contribution in [0.2, 0.25) is 0 Å². The number of imidazole rings is 1. The minimum absolute atomic E-state index is 0.215. The number of aryl methyl sites for hydroxylation is 1. The second-order valence-corrected chi connectivity index (χ2v) is 6.02. The molecule has 0 saturated heterocycles. The number of fused-ring (bicyclic) bond motifs is 1. The van der Waals surface area contributed by atoms with E-state index in [-0.39, 0.29) is 11.6 Å². The molecule has 3 aromatic rings. The lowest BCUT2D eigenvalue weighted by molar-refractivity contribution is 0.387. The molecule has 0 bridgehead atoms. The molecule has 0 saturated carbocycles. The van der Waals surface area contributed by atoms with E-state index in [2.05, 4.69) is 23.4 Å². The maximum Gasteiger partial charge on any atom is 0.167 e. The van der Waals surface area contributed by atoms with E-state index in [4.69, 9.17) is 16.3 Å². The highest BCUT2D eigenvalue weighted by Gasteiger charge is 2.15. The van der Waals surface area contributed by atoms with Crippen molar-refractivity contribution in [1.82, 2.24) is 9.55 Å². The molecule has 0 unspecified atom stereocenters.